The molecule has 0 aliphatic heterocycles. The van der Waals surface area contributed by atoms with Crippen LogP contribution in [0.2, 0.25) is 5.02 Å². The summed E-state index contributed by atoms with van der Waals surface area (Å²) >= 11 is 6.96. The third kappa shape index (κ3) is 3.53. The summed E-state index contributed by atoms with van der Waals surface area (Å²) in [6.45, 7) is 0. The van der Waals surface area contributed by atoms with Gasteiger partial charge in [-0.05, 0) is 17.7 Å². The molecule has 0 bridgehead atoms. The lowest BCUT2D eigenvalue weighted by Crippen LogP contribution is -2.14. The highest BCUT2D eigenvalue weighted by Gasteiger charge is 2.25. The van der Waals surface area contributed by atoms with Crippen LogP contribution in [0, 0.1) is 0 Å². The second kappa shape index (κ2) is 6.87. The van der Waals surface area contributed by atoms with Crippen molar-refractivity contribution in [2.24, 2.45) is 0 Å². The van der Waals surface area contributed by atoms with Gasteiger partial charge >= 0.3 is 5.97 Å². The van der Waals surface area contributed by atoms with Crippen LogP contribution in [-0.2, 0) is 10.0 Å². The minimum atomic E-state index is -4.00. The Bertz CT molecular complexity index is 1030. The first kappa shape index (κ1) is 17.5. The van der Waals surface area contributed by atoms with Crippen LogP contribution >= 0.6 is 22.9 Å². The number of rotatable bonds is 5. The average molecular weight is 394 g/mol. The lowest BCUT2D eigenvalue weighted by Gasteiger charge is -2.09. The molecule has 0 atom stereocenters. The molecule has 3 aromatic rings. The number of aromatic carboxylic acids is 1. The largest absolute Gasteiger partial charge is 0.478 e. The maximum absolute atomic E-state index is 12.6. The Morgan fingerprint density at radius 3 is 2.32 bits per heavy atom. The molecule has 2 aromatic carbocycles. The average Bonchev–Trinajstić information content (AvgIpc) is 2.99. The first-order valence-electron chi connectivity index (χ1n) is 7.07. The number of carbonyl (C=O) groups is 1. The fourth-order valence-corrected chi connectivity index (χ4v) is 5.12. The molecular weight excluding hydrogens is 382 g/mol. The number of carboxylic acids is 1. The molecule has 5 nitrogen and oxygen atoms in total. The summed E-state index contributed by atoms with van der Waals surface area (Å²) in [4.78, 5) is 11.6. The Morgan fingerprint density at radius 1 is 1.04 bits per heavy atom. The molecule has 25 heavy (non-hydrogen) atoms. The zero-order valence-electron chi connectivity index (χ0n) is 12.6. The van der Waals surface area contributed by atoms with E-state index in [2.05, 4.69) is 4.72 Å². The predicted octanol–water partition coefficient (Wildman–Crippen LogP) is 4.57. The van der Waals surface area contributed by atoms with Crippen LogP contribution in [0.1, 0.15) is 10.4 Å². The van der Waals surface area contributed by atoms with Crippen LogP contribution in [0.4, 0.5) is 5.00 Å². The number of halogens is 1. The molecule has 1 heterocycles. The Hall–Kier alpha value is -2.35. The first-order chi connectivity index (χ1) is 11.9. The van der Waals surface area contributed by atoms with E-state index in [1.807, 2.05) is 6.07 Å². The number of hydrogen-bond donors (Lipinski definition) is 2. The molecule has 0 saturated carbocycles. The third-order valence-corrected chi connectivity index (χ3v) is 6.32. The smallest absolute Gasteiger partial charge is 0.339 e. The standard InChI is InChI=1S/C17H12ClNO4S2/c18-13-8-4-5-9-14(13)25(22,23)19-16-15(17(20)21)12(10-24-16)11-6-2-1-3-7-11/h1-10,19H,(H,20,21). The zero-order chi connectivity index (χ0) is 18.0. The summed E-state index contributed by atoms with van der Waals surface area (Å²) in [7, 11) is -4.00. The van der Waals surface area contributed by atoms with E-state index in [0.717, 1.165) is 11.3 Å². The van der Waals surface area contributed by atoms with Crippen molar-refractivity contribution in [1.29, 1.82) is 0 Å². The van der Waals surface area contributed by atoms with Crippen LogP contribution in [-0.4, -0.2) is 19.5 Å². The summed E-state index contributed by atoms with van der Waals surface area (Å²) in [5.41, 5.74) is 1.06. The molecule has 0 aliphatic carbocycles. The van der Waals surface area contributed by atoms with Crippen LogP contribution in [0.3, 0.4) is 0 Å². The quantitative estimate of drug-likeness (QED) is 0.665. The van der Waals surface area contributed by atoms with E-state index < -0.39 is 16.0 Å². The van der Waals surface area contributed by atoms with Crippen LogP contribution in [0.15, 0.2) is 64.9 Å². The number of thiophene rings is 1. The van der Waals surface area contributed by atoms with Crippen LogP contribution in [0.25, 0.3) is 11.1 Å². The fraction of sp³-hybridized carbons (Fsp3) is 0. The Labute approximate surface area is 153 Å². The van der Waals surface area contributed by atoms with Gasteiger partial charge in [-0.15, -0.1) is 11.3 Å². The molecule has 3 rings (SSSR count). The lowest BCUT2D eigenvalue weighted by molar-refractivity contribution is 0.0699. The molecule has 2 N–H and O–H groups in total. The van der Waals surface area contributed by atoms with Gasteiger partial charge in [0.15, 0.2) is 0 Å². The Balaban J connectivity index is 2.06. The summed E-state index contributed by atoms with van der Waals surface area (Å²) in [6, 6.07) is 14.9. The van der Waals surface area contributed by atoms with Gasteiger partial charge in [0.05, 0.1) is 5.02 Å². The maximum Gasteiger partial charge on any atom is 0.339 e. The van der Waals surface area contributed by atoms with Gasteiger partial charge in [-0.3, -0.25) is 4.72 Å². The highest BCUT2D eigenvalue weighted by atomic mass is 35.5. The van der Waals surface area contributed by atoms with E-state index in [1.54, 1.807) is 41.8 Å². The second-order valence-corrected chi connectivity index (χ2v) is 8.00. The van der Waals surface area contributed by atoms with Crippen molar-refractivity contribution in [3.63, 3.8) is 0 Å². The Kier molecular flexibility index (Phi) is 4.80. The van der Waals surface area contributed by atoms with E-state index in [9.17, 15) is 18.3 Å². The van der Waals surface area contributed by atoms with E-state index in [-0.39, 0.29) is 20.5 Å². The molecule has 0 spiro atoms. The van der Waals surface area contributed by atoms with E-state index in [0.29, 0.717) is 11.1 Å². The van der Waals surface area contributed by atoms with Crippen LogP contribution in [0.5, 0.6) is 0 Å². The number of nitrogens with one attached hydrogen (secondary N) is 1. The number of sulfonamides is 1. The highest BCUT2D eigenvalue weighted by Crippen LogP contribution is 2.37. The van der Waals surface area contributed by atoms with Crippen molar-refractivity contribution in [2.45, 2.75) is 4.90 Å². The predicted molar refractivity (Wildman–Crippen MR) is 99.0 cm³/mol. The minimum absolute atomic E-state index is 0.0336. The first-order valence-corrected chi connectivity index (χ1v) is 9.82. The number of carboxylic acid groups (broad SMARTS) is 1. The van der Waals surface area contributed by atoms with Gasteiger partial charge in [0, 0.05) is 10.9 Å². The SMILES string of the molecule is O=C(O)c1c(-c2ccccc2)csc1NS(=O)(=O)c1ccccc1Cl. The lowest BCUT2D eigenvalue weighted by atomic mass is 10.0. The van der Waals surface area contributed by atoms with Crippen molar-refractivity contribution >= 4 is 43.9 Å². The molecule has 1 aromatic heterocycles. The number of benzene rings is 2. The maximum atomic E-state index is 12.6. The second-order valence-electron chi connectivity index (χ2n) is 5.06. The number of anilines is 1. The molecule has 0 radical (unpaired) electrons. The molecule has 128 valence electrons. The molecule has 0 fully saturated rings. The summed E-state index contributed by atoms with van der Waals surface area (Å²) in [6.07, 6.45) is 0. The fourth-order valence-electron chi connectivity index (χ4n) is 2.32. The number of hydrogen-bond acceptors (Lipinski definition) is 4. The molecule has 0 aliphatic rings. The monoisotopic (exact) mass is 393 g/mol. The van der Waals surface area contributed by atoms with Gasteiger partial charge in [-0.25, -0.2) is 13.2 Å². The van der Waals surface area contributed by atoms with Gasteiger partial charge in [-0.1, -0.05) is 54.1 Å². The van der Waals surface area contributed by atoms with Crippen molar-refractivity contribution < 1.29 is 18.3 Å². The highest BCUT2D eigenvalue weighted by molar-refractivity contribution is 7.93. The van der Waals surface area contributed by atoms with Gasteiger partial charge in [0.1, 0.15) is 15.5 Å². The summed E-state index contributed by atoms with van der Waals surface area (Å²) in [5.74, 6) is -1.21. The van der Waals surface area contributed by atoms with Gasteiger partial charge in [0.2, 0.25) is 0 Å². The van der Waals surface area contributed by atoms with Gasteiger partial charge in [-0.2, -0.15) is 0 Å². The van der Waals surface area contributed by atoms with Crippen LogP contribution < -0.4 is 4.72 Å². The van der Waals surface area contributed by atoms with Crippen molar-refractivity contribution in [3.8, 4) is 11.1 Å². The topological polar surface area (TPSA) is 83.5 Å². The van der Waals surface area contributed by atoms with E-state index in [4.69, 9.17) is 11.6 Å². The van der Waals surface area contributed by atoms with Gasteiger partial charge < -0.3 is 5.11 Å². The third-order valence-electron chi connectivity index (χ3n) is 3.44. The minimum Gasteiger partial charge on any atom is -0.478 e. The Morgan fingerprint density at radius 2 is 1.68 bits per heavy atom. The summed E-state index contributed by atoms with van der Waals surface area (Å²) < 4.78 is 27.5. The van der Waals surface area contributed by atoms with Gasteiger partial charge in [0.25, 0.3) is 10.0 Å². The molecular formula is C17H12ClNO4S2. The van der Waals surface area contributed by atoms with Crippen molar-refractivity contribution in [3.05, 3.63) is 70.6 Å². The molecule has 8 heteroatoms. The van der Waals surface area contributed by atoms with Crippen molar-refractivity contribution in [2.75, 3.05) is 4.72 Å². The molecule has 0 unspecified atom stereocenters. The normalized spacial score (nSPS) is 11.2. The van der Waals surface area contributed by atoms with E-state index >= 15 is 0 Å². The summed E-state index contributed by atoms with van der Waals surface area (Å²) in [5, 5.41) is 11.3. The van der Waals surface area contributed by atoms with Crippen molar-refractivity contribution in [1.82, 2.24) is 0 Å². The zero-order valence-corrected chi connectivity index (χ0v) is 15.0. The van der Waals surface area contributed by atoms with E-state index in [1.165, 1.54) is 12.1 Å². The molecule has 0 amide bonds. The molecule has 0 saturated heterocycles.